The summed E-state index contributed by atoms with van der Waals surface area (Å²) < 4.78 is 25.9. The van der Waals surface area contributed by atoms with E-state index in [2.05, 4.69) is 5.48 Å². The van der Waals surface area contributed by atoms with Crippen molar-refractivity contribution < 1.29 is 18.4 Å². The van der Waals surface area contributed by atoms with Crippen molar-refractivity contribution in [3.05, 3.63) is 29.8 Å². The molecule has 0 saturated heterocycles. The van der Waals surface area contributed by atoms with Gasteiger partial charge in [-0.2, -0.15) is 0 Å². The molecule has 0 aliphatic carbocycles. The van der Waals surface area contributed by atoms with Gasteiger partial charge in [-0.1, -0.05) is 0 Å². The van der Waals surface area contributed by atoms with Gasteiger partial charge in [0, 0.05) is 11.0 Å². The molecule has 0 spiro atoms. The zero-order valence-electron chi connectivity index (χ0n) is 10.4. The van der Waals surface area contributed by atoms with Crippen LogP contribution in [-0.4, -0.2) is 17.3 Å². The van der Waals surface area contributed by atoms with Gasteiger partial charge in [-0.3, -0.25) is 9.63 Å². The minimum absolute atomic E-state index is 0.00136. The van der Waals surface area contributed by atoms with Crippen molar-refractivity contribution in [3.8, 4) is 0 Å². The Morgan fingerprint density at radius 1 is 1.39 bits per heavy atom. The fourth-order valence-electron chi connectivity index (χ4n) is 0.975. The molecule has 1 rings (SSSR count). The Labute approximate surface area is 109 Å². The van der Waals surface area contributed by atoms with E-state index in [9.17, 15) is 13.6 Å². The molecule has 0 unspecified atom stereocenters. The predicted molar refractivity (Wildman–Crippen MR) is 66.1 cm³/mol. The molecule has 0 atom stereocenters. The summed E-state index contributed by atoms with van der Waals surface area (Å²) in [7, 11) is 0. The molecule has 0 aliphatic heterocycles. The molecule has 1 N–H and O–H groups in total. The van der Waals surface area contributed by atoms with Gasteiger partial charge in [0.05, 0.1) is 11.4 Å². The zero-order chi connectivity index (χ0) is 13.8. The van der Waals surface area contributed by atoms with Gasteiger partial charge >= 0.3 is 0 Å². The fraction of sp³-hybridized carbons (Fsp3) is 0.417. The number of hydrogen-bond donors (Lipinski definition) is 1. The van der Waals surface area contributed by atoms with Crippen LogP contribution in [0.1, 0.15) is 20.8 Å². The first kappa shape index (κ1) is 14.9. The number of amides is 1. The van der Waals surface area contributed by atoms with Gasteiger partial charge in [-0.25, -0.2) is 14.3 Å². The largest absolute Gasteiger partial charge is 0.272 e. The number of carbonyl (C=O) groups excluding carboxylic acids is 1. The van der Waals surface area contributed by atoms with Gasteiger partial charge in [0.2, 0.25) is 0 Å². The summed E-state index contributed by atoms with van der Waals surface area (Å²) in [5.41, 5.74) is 1.78. The summed E-state index contributed by atoms with van der Waals surface area (Å²) in [6.45, 7) is 5.38. The lowest BCUT2D eigenvalue weighted by atomic mass is 10.2. The summed E-state index contributed by atoms with van der Waals surface area (Å²) in [5, 5.41) is 0. The van der Waals surface area contributed by atoms with E-state index in [0.717, 1.165) is 23.9 Å². The number of rotatable bonds is 4. The summed E-state index contributed by atoms with van der Waals surface area (Å²) >= 11 is 0.981. The van der Waals surface area contributed by atoms with Crippen LogP contribution in [0.4, 0.5) is 8.78 Å². The topological polar surface area (TPSA) is 38.3 Å². The second-order valence-corrected chi connectivity index (χ2v) is 5.62. The quantitative estimate of drug-likeness (QED) is 0.678. The Morgan fingerprint density at radius 2 is 2.06 bits per heavy atom. The lowest BCUT2D eigenvalue weighted by molar-refractivity contribution is -0.142. The van der Waals surface area contributed by atoms with Crippen molar-refractivity contribution in [1.82, 2.24) is 5.48 Å². The maximum absolute atomic E-state index is 13.3. The van der Waals surface area contributed by atoms with Crippen LogP contribution in [0.3, 0.4) is 0 Å². The highest BCUT2D eigenvalue weighted by Gasteiger charge is 2.13. The molecule has 100 valence electrons. The molecular formula is C12H15F2NO2S. The molecule has 1 amide bonds. The maximum atomic E-state index is 13.3. The van der Waals surface area contributed by atoms with Crippen molar-refractivity contribution in [2.45, 2.75) is 31.3 Å². The molecule has 0 aromatic heterocycles. The Kier molecular flexibility index (Phi) is 5.10. The van der Waals surface area contributed by atoms with E-state index in [1.165, 1.54) is 6.07 Å². The molecule has 0 aliphatic rings. The SMILES string of the molecule is CC(C)(C)ONC(=O)CSc1ccc(F)cc1F. The predicted octanol–water partition coefficient (Wildman–Crippen LogP) is 2.90. The first-order valence-corrected chi connectivity index (χ1v) is 6.31. The van der Waals surface area contributed by atoms with Gasteiger partial charge < -0.3 is 0 Å². The summed E-state index contributed by atoms with van der Waals surface area (Å²) in [6, 6.07) is 3.23. The average Bonchev–Trinajstić information content (AvgIpc) is 2.24. The average molecular weight is 275 g/mol. The van der Waals surface area contributed by atoms with Crippen LogP contribution in [0.15, 0.2) is 23.1 Å². The summed E-state index contributed by atoms with van der Waals surface area (Å²) in [4.78, 5) is 16.7. The summed E-state index contributed by atoms with van der Waals surface area (Å²) in [6.07, 6.45) is 0. The van der Waals surface area contributed by atoms with E-state index in [0.29, 0.717) is 0 Å². The Balaban J connectivity index is 2.43. The lowest BCUT2D eigenvalue weighted by Gasteiger charge is -2.18. The molecule has 0 fully saturated rings. The number of nitrogens with one attached hydrogen (secondary N) is 1. The second kappa shape index (κ2) is 6.15. The third-order valence-corrected chi connectivity index (χ3v) is 2.77. The highest BCUT2D eigenvalue weighted by Crippen LogP contribution is 2.22. The highest BCUT2D eigenvalue weighted by molar-refractivity contribution is 8.00. The van der Waals surface area contributed by atoms with Crippen LogP contribution in [0.25, 0.3) is 0 Å². The number of thioether (sulfide) groups is 1. The zero-order valence-corrected chi connectivity index (χ0v) is 11.2. The first-order valence-electron chi connectivity index (χ1n) is 5.32. The minimum Gasteiger partial charge on any atom is -0.272 e. The Hall–Kier alpha value is -1.14. The molecule has 1 aromatic carbocycles. The van der Waals surface area contributed by atoms with Crippen LogP contribution in [0.5, 0.6) is 0 Å². The fourth-order valence-corrected chi connectivity index (χ4v) is 1.68. The molecule has 18 heavy (non-hydrogen) atoms. The monoisotopic (exact) mass is 275 g/mol. The normalized spacial score (nSPS) is 11.4. The van der Waals surface area contributed by atoms with Crippen molar-refractivity contribution in [1.29, 1.82) is 0 Å². The smallest absolute Gasteiger partial charge is 0.253 e. The van der Waals surface area contributed by atoms with E-state index in [1.54, 1.807) is 20.8 Å². The van der Waals surface area contributed by atoms with Crippen molar-refractivity contribution >= 4 is 17.7 Å². The van der Waals surface area contributed by atoms with Gasteiger partial charge in [-0.15, -0.1) is 11.8 Å². The number of benzene rings is 1. The van der Waals surface area contributed by atoms with Crippen LogP contribution in [0.2, 0.25) is 0 Å². The molecule has 0 heterocycles. The molecule has 0 bridgehead atoms. The van der Waals surface area contributed by atoms with Gasteiger partial charge in [0.15, 0.2) is 0 Å². The maximum Gasteiger partial charge on any atom is 0.253 e. The number of hydrogen-bond acceptors (Lipinski definition) is 3. The molecule has 6 heteroatoms. The van der Waals surface area contributed by atoms with E-state index in [4.69, 9.17) is 4.84 Å². The van der Waals surface area contributed by atoms with Crippen LogP contribution >= 0.6 is 11.8 Å². The van der Waals surface area contributed by atoms with Crippen LogP contribution < -0.4 is 5.48 Å². The third-order valence-electron chi connectivity index (χ3n) is 1.72. The van der Waals surface area contributed by atoms with E-state index < -0.39 is 17.2 Å². The third kappa shape index (κ3) is 5.46. The number of halogens is 2. The lowest BCUT2D eigenvalue weighted by Crippen LogP contribution is -2.34. The summed E-state index contributed by atoms with van der Waals surface area (Å²) in [5.74, 6) is -1.70. The highest BCUT2D eigenvalue weighted by atomic mass is 32.2. The molecule has 0 saturated carbocycles. The van der Waals surface area contributed by atoms with Crippen LogP contribution in [-0.2, 0) is 9.63 Å². The van der Waals surface area contributed by atoms with Crippen LogP contribution in [0, 0.1) is 11.6 Å². The van der Waals surface area contributed by atoms with Gasteiger partial charge in [0.25, 0.3) is 5.91 Å². The Morgan fingerprint density at radius 3 is 2.61 bits per heavy atom. The molecule has 1 aromatic rings. The second-order valence-electron chi connectivity index (χ2n) is 4.60. The number of hydroxylamine groups is 1. The van der Waals surface area contributed by atoms with E-state index >= 15 is 0 Å². The van der Waals surface area contributed by atoms with E-state index in [-0.39, 0.29) is 16.6 Å². The van der Waals surface area contributed by atoms with Crippen molar-refractivity contribution in [3.63, 3.8) is 0 Å². The number of carbonyl (C=O) groups is 1. The first-order chi connectivity index (χ1) is 8.28. The molecule has 0 radical (unpaired) electrons. The van der Waals surface area contributed by atoms with Gasteiger partial charge in [0.1, 0.15) is 11.6 Å². The van der Waals surface area contributed by atoms with Crippen molar-refractivity contribution in [2.24, 2.45) is 0 Å². The molecular weight excluding hydrogens is 260 g/mol. The van der Waals surface area contributed by atoms with Crippen molar-refractivity contribution in [2.75, 3.05) is 5.75 Å². The van der Waals surface area contributed by atoms with Gasteiger partial charge in [-0.05, 0) is 32.9 Å². The minimum atomic E-state index is -0.676. The Bertz CT molecular complexity index is 433. The van der Waals surface area contributed by atoms with E-state index in [1.807, 2.05) is 0 Å². The standard InChI is InChI=1S/C12H15F2NO2S/c1-12(2,3)17-15-11(16)7-18-10-5-4-8(13)6-9(10)14/h4-6H,7H2,1-3H3,(H,15,16). The molecule has 3 nitrogen and oxygen atoms in total.